The number of alkyl halides is 2. The largest absolute Gasteiger partial charge is 0.324 e. The maximum atomic E-state index is 14.3. The van der Waals surface area contributed by atoms with Crippen LogP contribution in [0, 0.1) is 31.6 Å². The van der Waals surface area contributed by atoms with Gasteiger partial charge in [0.2, 0.25) is 17.7 Å². The van der Waals surface area contributed by atoms with E-state index in [-0.39, 0.29) is 5.92 Å². The molecule has 1 fully saturated rings. The number of hydrogen-bond acceptors (Lipinski definition) is 3. The zero-order valence-corrected chi connectivity index (χ0v) is 23.1. The molecule has 0 radical (unpaired) electrons. The molecular weight excluding hydrogens is 519 g/mol. The van der Waals surface area contributed by atoms with Crippen LogP contribution in [0.1, 0.15) is 47.2 Å². The summed E-state index contributed by atoms with van der Waals surface area (Å²) in [4.78, 5) is 40.9. The highest BCUT2D eigenvalue weighted by molar-refractivity contribution is 6.36. The number of benzene rings is 3. The lowest BCUT2D eigenvalue weighted by Crippen LogP contribution is -2.57. The van der Waals surface area contributed by atoms with Gasteiger partial charge in [0.15, 0.2) is 0 Å². The summed E-state index contributed by atoms with van der Waals surface area (Å²) in [6.07, 6.45) is 0. The molecule has 0 saturated carbocycles. The summed E-state index contributed by atoms with van der Waals surface area (Å²) in [6.45, 7) is 7.56. The molecule has 0 aromatic heterocycles. The third-order valence-corrected chi connectivity index (χ3v) is 9.72. The average Bonchev–Trinajstić information content (AvgIpc) is 3.15. The Bertz CT molecular complexity index is 1410. The topological polar surface area (TPSA) is 66.5 Å². The number of carbonyl (C=O) groups excluding carboxylic acids is 3. The van der Waals surface area contributed by atoms with Crippen LogP contribution in [0.4, 0.5) is 5.69 Å². The molecule has 2 bridgehead atoms. The van der Waals surface area contributed by atoms with E-state index < -0.39 is 45.3 Å². The van der Waals surface area contributed by atoms with Crippen LogP contribution >= 0.6 is 23.2 Å². The molecule has 1 saturated heterocycles. The van der Waals surface area contributed by atoms with Gasteiger partial charge in [-0.1, -0.05) is 80.1 Å². The van der Waals surface area contributed by atoms with Crippen molar-refractivity contribution >= 4 is 46.6 Å². The van der Waals surface area contributed by atoms with Gasteiger partial charge in [-0.05, 0) is 53.6 Å². The predicted octanol–water partition coefficient (Wildman–Crippen LogP) is 5.86. The zero-order chi connectivity index (χ0) is 27.1. The van der Waals surface area contributed by atoms with Crippen LogP contribution < -0.4 is 5.32 Å². The number of anilines is 1. The van der Waals surface area contributed by atoms with E-state index in [1.54, 1.807) is 0 Å². The normalized spacial score (nSPS) is 27.7. The minimum Gasteiger partial charge on any atom is -0.324 e. The van der Waals surface area contributed by atoms with E-state index in [4.69, 9.17) is 23.2 Å². The third-order valence-electron chi connectivity index (χ3n) is 8.44. The van der Waals surface area contributed by atoms with Crippen LogP contribution in [-0.4, -0.2) is 28.7 Å². The number of rotatable bonds is 4. The average molecular weight is 547 g/mol. The highest BCUT2D eigenvalue weighted by Gasteiger charge is 2.73. The molecule has 3 aromatic rings. The second-order valence-corrected chi connectivity index (χ2v) is 12.2. The number of aryl methyl sites for hydroxylation is 2. The van der Waals surface area contributed by atoms with Crippen molar-refractivity contribution in [1.29, 1.82) is 0 Å². The summed E-state index contributed by atoms with van der Waals surface area (Å²) in [7, 11) is 0. The molecule has 7 rings (SSSR count). The van der Waals surface area contributed by atoms with Gasteiger partial charge in [-0.3, -0.25) is 19.3 Å². The van der Waals surface area contributed by atoms with E-state index in [1.165, 1.54) is 0 Å². The lowest BCUT2D eigenvalue weighted by Gasteiger charge is -2.54. The fourth-order valence-corrected chi connectivity index (χ4v) is 7.94. The van der Waals surface area contributed by atoms with Gasteiger partial charge in [-0.2, -0.15) is 0 Å². The van der Waals surface area contributed by atoms with Crippen LogP contribution in [0.5, 0.6) is 0 Å². The summed E-state index contributed by atoms with van der Waals surface area (Å²) in [5.74, 6) is -3.55. The second-order valence-electron chi connectivity index (χ2n) is 11.0. The van der Waals surface area contributed by atoms with Crippen LogP contribution in [0.25, 0.3) is 0 Å². The second kappa shape index (κ2) is 8.42. The SMILES string of the molecule is Cc1ccc(NC(=O)[C@H](C(C)C)N2C(=O)[C@H]3[C@H](C2=O)C2(Cl)c4ccccc4C3(Cl)c3ccccc32)c(C)c1. The highest BCUT2D eigenvalue weighted by Crippen LogP contribution is 2.69. The summed E-state index contributed by atoms with van der Waals surface area (Å²) in [6, 6.07) is 19.7. The molecule has 3 aliphatic carbocycles. The van der Waals surface area contributed by atoms with E-state index in [1.807, 2.05) is 94.4 Å². The lowest BCUT2D eigenvalue weighted by atomic mass is 9.54. The Morgan fingerprint density at radius 1 is 0.816 bits per heavy atom. The number of halogens is 2. The minimum atomic E-state index is -1.28. The van der Waals surface area contributed by atoms with Crippen molar-refractivity contribution in [3.63, 3.8) is 0 Å². The third kappa shape index (κ3) is 3.09. The van der Waals surface area contributed by atoms with Gasteiger partial charge in [-0.25, -0.2) is 0 Å². The fourth-order valence-electron chi connectivity index (χ4n) is 6.84. The number of nitrogens with zero attached hydrogens (tertiary/aromatic N) is 1. The molecule has 5 nitrogen and oxygen atoms in total. The Labute approximate surface area is 232 Å². The Morgan fingerprint density at radius 2 is 1.26 bits per heavy atom. The first-order chi connectivity index (χ1) is 18.0. The van der Waals surface area contributed by atoms with Crippen molar-refractivity contribution in [2.24, 2.45) is 17.8 Å². The molecule has 3 amide bonds. The minimum absolute atomic E-state index is 0.339. The highest BCUT2D eigenvalue weighted by atomic mass is 35.5. The van der Waals surface area contributed by atoms with E-state index in [2.05, 4.69) is 5.32 Å². The van der Waals surface area contributed by atoms with Crippen molar-refractivity contribution < 1.29 is 14.4 Å². The lowest BCUT2D eigenvalue weighted by molar-refractivity contribution is -0.148. The Hall–Kier alpha value is -3.15. The molecule has 1 N–H and O–H groups in total. The van der Waals surface area contributed by atoms with Gasteiger partial charge in [0.1, 0.15) is 15.8 Å². The van der Waals surface area contributed by atoms with Gasteiger partial charge in [0.05, 0.1) is 11.8 Å². The molecule has 1 aliphatic heterocycles. The standard InChI is InChI=1S/C31H28Cl2N2O3/c1-16(2)26(27(36)34-23-14-13-17(3)15-18(23)4)35-28(37)24-25(29(35)38)31(33)20-10-6-5-9-19(20)30(24,32)21-11-7-8-12-22(21)31/h5-16,24-26H,1-4H3,(H,34,36)/t24-,25-,26+,30?,31?/m1/s1. The maximum absolute atomic E-state index is 14.3. The number of imide groups is 1. The van der Waals surface area contributed by atoms with Crippen LogP contribution in [0.2, 0.25) is 0 Å². The molecule has 194 valence electrons. The van der Waals surface area contributed by atoms with Gasteiger partial charge < -0.3 is 5.32 Å². The smallest absolute Gasteiger partial charge is 0.247 e. The predicted molar refractivity (Wildman–Crippen MR) is 148 cm³/mol. The molecule has 0 unspecified atom stereocenters. The van der Waals surface area contributed by atoms with E-state index >= 15 is 0 Å². The molecule has 7 heteroatoms. The summed E-state index contributed by atoms with van der Waals surface area (Å²) in [5.41, 5.74) is 5.56. The number of likely N-dealkylation sites (tertiary alicyclic amines) is 1. The Kier molecular flexibility index (Phi) is 5.57. The summed E-state index contributed by atoms with van der Waals surface area (Å²) in [5, 5.41) is 2.96. The molecule has 3 atom stereocenters. The van der Waals surface area contributed by atoms with Gasteiger partial charge in [-0.15, -0.1) is 23.2 Å². The molecule has 1 heterocycles. The first kappa shape index (κ1) is 25.1. The van der Waals surface area contributed by atoms with Gasteiger partial charge in [0.25, 0.3) is 0 Å². The van der Waals surface area contributed by atoms with Gasteiger partial charge in [0, 0.05) is 5.69 Å². The number of carbonyl (C=O) groups is 3. The number of hydrogen-bond donors (Lipinski definition) is 1. The first-order valence-electron chi connectivity index (χ1n) is 12.9. The van der Waals surface area contributed by atoms with Crippen molar-refractivity contribution in [1.82, 2.24) is 4.90 Å². The van der Waals surface area contributed by atoms with Crippen LogP contribution in [-0.2, 0) is 24.1 Å². The van der Waals surface area contributed by atoms with E-state index in [0.717, 1.165) is 38.3 Å². The van der Waals surface area contributed by atoms with Crippen molar-refractivity contribution in [3.8, 4) is 0 Å². The molecule has 0 spiro atoms. The molecule has 3 aromatic carbocycles. The summed E-state index contributed by atoms with van der Waals surface area (Å²) >= 11 is 15.0. The quantitative estimate of drug-likeness (QED) is 0.329. The molecule has 38 heavy (non-hydrogen) atoms. The Balaban J connectivity index is 1.48. The van der Waals surface area contributed by atoms with Gasteiger partial charge >= 0.3 is 0 Å². The van der Waals surface area contributed by atoms with E-state index in [9.17, 15) is 14.4 Å². The van der Waals surface area contributed by atoms with Crippen LogP contribution in [0.3, 0.4) is 0 Å². The summed E-state index contributed by atoms with van der Waals surface area (Å²) < 4.78 is 0. The number of nitrogens with one attached hydrogen (secondary N) is 1. The fraction of sp³-hybridized carbons (Fsp3) is 0.323. The van der Waals surface area contributed by atoms with E-state index in [0.29, 0.717) is 5.69 Å². The monoisotopic (exact) mass is 546 g/mol. The van der Waals surface area contributed by atoms with Crippen molar-refractivity contribution in [3.05, 3.63) is 100 Å². The van der Waals surface area contributed by atoms with Crippen molar-refractivity contribution in [2.75, 3.05) is 5.32 Å². The maximum Gasteiger partial charge on any atom is 0.247 e. The Morgan fingerprint density at radius 3 is 1.66 bits per heavy atom. The molecular formula is C31H28Cl2N2O3. The molecule has 4 aliphatic rings. The van der Waals surface area contributed by atoms with Crippen LogP contribution in [0.15, 0.2) is 66.7 Å². The zero-order valence-electron chi connectivity index (χ0n) is 21.6. The first-order valence-corrected chi connectivity index (χ1v) is 13.6. The van der Waals surface area contributed by atoms with Crippen molar-refractivity contribution in [2.45, 2.75) is 43.5 Å². The number of amides is 3.